The van der Waals surface area contributed by atoms with Crippen LogP contribution in [0.2, 0.25) is 5.02 Å². The van der Waals surface area contributed by atoms with Gasteiger partial charge in [0.15, 0.2) is 4.80 Å². The van der Waals surface area contributed by atoms with E-state index >= 15 is 0 Å². The number of hydrogen-bond acceptors (Lipinski definition) is 5. The van der Waals surface area contributed by atoms with E-state index in [1.165, 1.54) is 22.5 Å². The molecule has 0 saturated carbocycles. The smallest absolute Gasteiger partial charge is 0.271 e. The molecular weight excluding hydrogens is 564 g/mol. The maximum absolute atomic E-state index is 14.2. The number of ether oxygens (including phenoxy) is 2. The Hall–Kier alpha value is -4.39. The van der Waals surface area contributed by atoms with Gasteiger partial charge >= 0.3 is 0 Å². The Balaban J connectivity index is 1.36. The molecule has 5 nitrogen and oxygen atoms in total. The molecular formula is C35H27ClN2O3S. The predicted molar refractivity (Wildman–Crippen MR) is 168 cm³/mol. The molecule has 0 unspecified atom stereocenters. The summed E-state index contributed by atoms with van der Waals surface area (Å²) >= 11 is 7.76. The lowest BCUT2D eigenvalue weighted by Crippen LogP contribution is -2.38. The Morgan fingerprint density at radius 2 is 1.71 bits per heavy atom. The van der Waals surface area contributed by atoms with Crippen LogP contribution >= 0.6 is 22.9 Å². The summed E-state index contributed by atoms with van der Waals surface area (Å²) in [5.41, 5.74) is 7.28. The molecule has 0 N–H and O–H groups in total. The first kappa shape index (κ1) is 26.5. The van der Waals surface area contributed by atoms with E-state index in [2.05, 4.69) is 36.4 Å². The molecule has 5 aromatic rings. The first-order valence-corrected chi connectivity index (χ1v) is 15.0. The van der Waals surface area contributed by atoms with Gasteiger partial charge in [-0.15, -0.1) is 0 Å². The minimum Gasteiger partial charge on any atom is -0.497 e. The van der Waals surface area contributed by atoms with Crippen molar-refractivity contribution in [3.05, 3.63) is 155 Å². The predicted octanol–water partition coefficient (Wildman–Crippen LogP) is 6.56. The van der Waals surface area contributed by atoms with Crippen molar-refractivity contribution in [2.45, 2.75) is 25.5 Å². The second-order valence-electron chi connectivity index (χ2n) is 10.3. The van der Waals surface area contributed by atoms with Crippen LogP contribution in [0.5, 0.6) is 11.5 Å². The van der Waals surface area contributed by atoms with E-state index in [-0.39, 0.29) is 11.6 Å². The number of aryl methyl sites for hydroxylation is 1. The average Bonchev–Trinajstić information content (AvgIpc) is 3.34. The van der Waals surface area contributed by atoms with Crippen LogP contribution in [-0.4, -0.2) is 11.7 Å². The molecule has 0 radical (unpaired) electrons. The summed E-state index contributed by atoms with van der Waals surface area (Å²) < 4.78 is 14.1. The zero-order valence-electron chi connectivity index (χ0n) is 22.9. The Morgan fingerprint density at radius 3 is 2.55 bits per heavy atom. The number of fused-ring (bicyclic) bond motifs is 3. The number of methoxy groups -OCH3 is 1. The fourth-order valence-electron chi connectivity index (χ4n) is 5.75. The Morgan fingerprint density at radius 1 is 0.952 bits per heavy atom. The van der Waals surface area contributed by atoms with Gasteiger partial charge < -0.3 is 9.47 Å². The summed E-state index contributed by atoms with van der Waals surface area (Å²) in [4.78, 5) is 20.0. The highest BCUT2D eigenvalue weighted by atomic mass is 35.5. The van der Waals surface area contributed by atoms with Crippen LogP contribution in [0.3, 0.4) is 0 Å². The third-order valence-corrected chi connectivity index (χ3v) is 9.20. The molecule has 0 spiro atoms. The number of rotatable bonds is 6. The van der Waals surface area contributed by atoms with E-state index in [1.807, 2.05) is 71.3 Å². The highest BCUT2D eigenvalue weighted by Gasteiger charge is 2.32. The summed E-state index contributed by atoms with van der Waals surface area (Å²) in [6, 6.07) is 31.6. The van der Waals surface area contributed by atoms with Crippen LogP contribution in [-0.2, 0) is 13.0 Å². The minimum absolute atomic E-state index is 0.0640. The molecule has 42 heavy (non-hydrogen) atoms. The quantitative estimate of drug-likeness (QED) is 0.225. The molecule has 0 saturated heterocycles. The van der Waals surface area contributed by atoms with Crippen molar-refractivity contribution >= 4 is 34.7 Å². The van der Waals surface area contributed by atoms with Gasteiger partial charge in [0, 0.05) is 21.7 Å². The van der Waals surface area contributed by atoms with E-state index in [0.717, 1.165) is 46.5 Å². The van der Waals surface area contributed by atoms with Crippen molar-refractivity contribution in [1.29, 1.82) is 0 Å². The van der Waals surface area contributed by atoms with Gasteiger partial charge in [0.05, 0.1) is 23.4 Å². The molecule has 1 atom stereocenters. The normalized spacial score (nSPS) is 15.9. The number of para-hydroxylation sites is 1. The third kappa shape index (κ3) is 4.77. The van der Waals surface area contributed by atoms with Gasteiger partial charge in [0.2, 0.25) is 0 Å². The number of halogens is 1. The molecule has 0 amide bonds. The van der Waals surface area contributed by atoms with Crippen LogP contribution < -0.4 is 24.4 Å². The van der Waals surface area contributed by atoms with E-state index < -0.39 is 0 Å². The standard InChI is InChI=1S/C35H27ClN2O3S/c1-40-26-17-14-23(15-18-26)33-28-19-16-22-8-2-5-11-27(22)32(28)37-35-38(33)34(39)31(42-35)20-24-9-4-7-13-30(24)41-21-25-10-3-6-12-29(25)36/h2-15,17-18,20,33H,16,19,21H2,1H3/b31-20-/t33-/m1/s1. The van der Waals surface area contributed by atoms with Gasteiger partial charge in [-0.3, -0.25) is 9.36 Å². The van der Waals surface area contributed by atoms with Gasteiger partial charge in [0.25, 0.3) is 5.56 Å². The van der Waals surface area contributed by atoms with Crippen molar-refractivity contribution in [2.24, 2.45) is 4.99 Å². The van der Waals surface area contributed by atoms with Gasteiger partial charge in [-0.05, 0) is 59.9 Å². The molecule has 1 aliphatic heterocycles. The van der Waals surface area contributed by atoms with E-state index in [0.29, 0.717) is 26.7 Å². The fourth-order valence-corrected chi connectivity index (χ4v) is 6.93. The number of allylic oxidation sites excluding steroid dienone is 1. The monoisotopic (exact) mass is 590 g/mol. The fraction of sp³-hybridized carbons (Fsp3) is 0.143. The lowest BCUT2D eigenvalue weighted by atomic mass is 9.83. The summed E-state index contributed by atoms with van der Waals surface area (Å²) in [5, 5.41) is 0.660. The summed E-state index contributed by atoms with van der Waals surface area (Å²) in [6.07, 6.45) is 3.67. The van der Waals surface area contributed by atoms with E-state index in [9.17, 15) is 4.79 Å². The van der Waals surface area contributed by atoms with Crippen LogP contribution in [0.25, 0.3) is 11.8 Å². The molecule has 0 fully saturated rings. The van der Waals surface area contributed by atoms with Crippen LogP contribution in [0.1, 0.15) is 40.3 Å². The highest BCUT2D eigenvalue weighted by molar-refractivity contribution is 7.07. The van der Waals surface area contributed by atoms with Crippen LogP contribution in [0.4, 0.5) is 0 Å². The summed E-state index contributed by atoms with van der Waals surface area (Å²) in [7, 11) is 1.66. The second-order valence-corrected chi connectivity index (χ2v) is 11.7. The van der Waals surface area contributed by atoms with Crippen molar-refractivity contribution in [3.8, 4) is 11.5 Å². The largest absolute Gasteiger partial charge is 0.497 e. The average molecular weight is 591 g/mol. The second kappa shape index (κ2) is 11.1. The van der Waals surface area contributed by atoms with Crippen LogP contribution in [0.15, 0.2) is 112 Å². The summed E-state index contributed by atoms with van der Waals surface area (Å²) in [5.74, 6) is 1.46. The first-order valence-electron chi connectivity index (χ1n) is 13.8. The van der Waals surface area contributed by atoms with Gasteiger partial charge in [-0.2, -0.15) is 0 Å². The zero-order valence-corrected chi connectivity index (χ0v) is 24.5. The molecule has 0 bridgehead atoms. The van der Waals surface area contributed by atoms with Crippen molar-refractivity contribution < 1.29 is 9.47 Å². The topological polar surface area (TPSA) is 52.8 Å². The van der Waals surface area contributed by atoms with Crippen molar-refractivity contribution in [2.75, 3.05) is 7.11 Å². The molecule has 1 aliphatic carbocycles. The lowest BCUT2D eigenvalue weighted by molar-refractivity contribution is 0.305. The maximum atomic E-state index is 14.2. The van der Waals surface area contributed by atoms with Gasteiger partial charge in [0.1, 0.15) is 18.1 Å². The van der Waals surface area contributed by atoms with Crippen molar-refractivity contribution in [3.63, 3.8) is 0 Å². The Bertz CT molecular complexity index is 2020. The molecule has 7 heteroatoms. The number of benzene rings is 4. The molecule has 7 rings (SSSR count). The number of hydrogen-bond donors (Lipinski definition) is 0. The molecule has 2 aliphatic rings. The maximum Gasteiger partial charge on any atom is 0.271 e. The third-order valence-electron chi connectivity index (χ3n) is 7.85. The Labute approximate surface area is 252 Å². The van der Waals surface area contributed by atoms with Gasteiger partial charge in [-0.25, -0.2) is 4.99 Å². The molecule has 208 valence electrons. The Kier molecular flexibility index (Phi) is 7.02. The first-order chi connectivity index (χ1) is 20.6. The minimum atomic E-state index is -0.246. The SMILES string of the molecule is COc1ccc([C@@H]2C3=C(N=c4s/c(=C\c5ccccc5OCc5ccccc5Cl)c(=O)n42)c2ccccc2CC3)cc1. The van der Waals surface area contributed by atoms with E-state index in [1.54, 1.807) is 7.11 Å². The molecule has 2 heterocycles. The summed E-state index contributed by atoms with van der Waals surface area (Å²) in [6.45, 7) is 0.329. The number of thiazole rings is 1. The number of nitrogens with zero attached hydrogens (tertiary/aromatic N) is 2. The molecule has 1 aromatic heterocycles. The number of aromatic nitrogens is 1. The van der Waals surface area contributed by atoms with Gasteiger partial charge in [-0.1, -0.05) is 95.7 Å². The zero-order chi connectivity index (χ0) is 28.6. The van der Waals surface area contributed by atoms with Crippen LogP contribution in [0, 0.1) is 0 Å². The molecule has 4 aromatic carbocycles. The lowest BCUT2D eigenvalue weighted by Gasteiger charge is -2.30. The van der Waals surface area contributed by atoms with Crippen molar-refractivity contribution in [1.82, 2.24) is 4.57 Å². The van der Waals surface area contributed by atoms with E-state index in [4.69, 9.17) is 26.1 Å². The highest BCUT2D eigenvalue weighted by Crippen LogP contribution is 2.41.